The number of benzene rings is 1. The molecule has 0 unspecified atom stereocenters. The molecule has 0 aliphatic carbocycles. The molecule has 0 bridgehead atoms. The van der Waals surface area contributed by atoms with Crippen LogP contribution in [0.3, 0.4) is 0 Å². The van der Waals surface area contributed by atoms with Crippen molar-refractivity contribution in [3.05, 3.63) is 42.3 Å². The number of anilines is 1. The molecule has 3 nitrogen and oxygen atoms in total. The number of halogens is 1. The zero-order valence-corrected chi connectivity index (χ0v) is 12.2. The molecule has 0 saturated heterocycles. The molecule has 106 valence electrons. The molecule has 0 radical (unpaired) electrons. The van der Waals surface area contributed by atoms with E-state index in [1.165, 1.54) is 12.3 Å². The molecule has 2 rings (SSSR count). The highest BCUT2D eigenvalue weighted by molar-refractivity contribution is 5.76. The average molecular weight is 274 g/mol. The summed E-state index contributed by atoms with van der Waals surface area (Å²) in [6, 6.07) is 8.83. The van der Waals surface area contributed by atoms with Gasteiger partial charge < -0.3 is 10.1 Å². The van der Waals surface area contributed by atoms with Crippen LogP contribution in [0.5, 0.6) is 5.75 Å². The maximum absolute atomic E-state index is 13.0. The van der Waals surface area contributed by atoms with Gasteiger partial charge in [0.15, 0.2) is 5.75 Å². The number of aromatic nitrogens is 1. The van der Waals surface area contributed by atoms with E-state index in [-0.39, 0.29) is 11.4 Å². The molecule has 1 aromatic carbocycles. The lowest BCUT2D eigenvalue weighted by molar-refractivity contribution is 0.416. The molecule has 1 heterocycles. The Labute approximate surface area is 118 Å². The molecule has 0 amide bonds. The van der Waals surface area contributed by atoms with E-state index >= 15 is 0 Å². The van der Waals surface area contributed by atoms with Crippen LogP contribution in [0.2, 0.25) is 0 Å². The van der Waals surface area contributed by atoms with E-state index in [0.29, 0.717) is 11.4 Å². The van der Waals surface area contributed by atoms with Gasteiger partial charge in [0, 0.05) is 11.1 Å². The van der Waals surface area contributed by atoms with Crippen molar-refractivity contribution in [3.8, 4) is 17.0 Å². The van der Waals surface area contributed by atoms with Crippen molar-refractivity contribution < 1.29 is 9.13 Å². The summed E-state index contributed by atoms with van der Waals surface area (Å²) in [6.07, 6.45) is 1.21. The molecule has 20 heavy (non-hydrogen) atoms. The highest BCUT2D eigenvalue weighted by Crippen LogP contribution is 2.36. The van der Waals surface area contributed by atoms with E-state index in [4.69, 9.17) is 4.74 Å². The van der Waals surface area contributed by atoms with Crippen molar-refractivity contribution in [2.75, 3.05) is 12.4 Å². The maximum atomic E-state index is 13.0. The Morgan fingerprint density at radius 2 is 1.90 bits per heavy atom. The van der Waals surface area contributed by atoms with Gasteiger partial charge in [-0.15, -0.1) is 0 Å². The SMILES string of the molecule is COc1c(NC(C)(C)C)cccc1-c1ccc(F)cn1. The summed E-state index contributed by atoms with van der Waals surface area (Å²) in [6.45, 7) is 6.24. The Hall–Kier alpha value is -2.10. The fourth-order valence-electron chi connectivity index (χ4n) is 2.00. The molecule has 0 atom stereocenters. The standard InChI is InChI=1S/C16H19FN2O/c1-16(2,3)19-14-7-5-6-12(15(14)20-4)13-9-8-11(17)10-18-13/h5-10,19H,1-4H3. The monoisotopic (exact) mass is 274 g/mol. The molecule has 1 N–H and O–H groups in total. The van der Waals surface area contributed by atoms with Crippen molar-refractivity contribution >= 4 is 5.69 Å². The van der Waals surface area contributed by atoms with Crippen molar-refractivity contribution in [2.45, 2.75) is 26.3 Å². The van der Waals surface area contributed by atoms with Gasteiger partial charge in [0.25, 0.3) is 0 Å². The van der Waals surface area contributed by atoms with Gasteiger partial charge in [-0.25, -0.2) is 4.39 Å². The number of hydrogen-bond acceptors (Lipinski definition) is 3. The van der Waals surface area contributed by atoms with Crippen LogP contribution >= 0.6 is 0 Å². The van der Waals surface area contributed by atoms with Gasteiger partial charge in [0.05, 0.1) is 24.7 Å². The molecule has 0 saturated carbocycles. The van der Waals surface area contributed by atoms with Crippen LogP contribution < -0.4 is 10.1 Å². The Morgan fingerprint density at radius 1 is 1.15 bits per heavy atom. The number of rotatable bonds is 3. The molecule has 4 heteroatoms. The van der Waals surface area contributed by atoms with Crippen molar-refractivity contribution in [3.63, 3.8) is 0 Å². The maximum Gasteiger partial charge on any atom is 0.151 e. The third-order valence-electron chi connectivity index (χ3n) is 2.73. The molecular weight excluding hydrogens is 255 g/mol. The minimum absolute atomic E-state index is 0.0812. The Kier molecular flexibility index (Phi) is 3.93. The fraction of sp³-hybridized carbons (Fsp3) is 0.312. The second kappa shape index (κ2) is 5.49. The second-order valence-electron chi connectivity index (χ2n) is 5.62. The van der Waals surface area contributed by atoms with E-state index in [1.54, 1.807) is 13.2 Å². The minimum Gasteiger partial charge on any atom is -0.494 e. The van der Waals surface area contributed by atoms with Gasteiger partial charge in [-0.1, -0.05) is 6.07 Å². The first-order valence-corrected chi connectivity index (χ1v) is 6.48. The Bertz CT molecular complexity index is 588. The topological polar surface area (TPSA) is 34.1 Å². The number of methoxy groups -OCH3 is 1. The number of nitrogens with zero attached hydrogens (tertiary/aromatic N) is 1. The number of nitrogens with one attached hydrogen (secondary N) is 1. The molecule has 0 spiro atoms. The lowest BCUT2D eigenvalue weighted by Gasteiger charge is -2.24. The predicted octanol–water partition coefficient (Wildman–Crippen LogP) is 4.11. The van der Waals surface area contributed by atoms with Crippen LogP contribution in [0.1, 0.15) is 20.8 Å². The normalized spacial score (nSPS) is 11.2. The summed E-state index contributed by atoms with van der Waals surface area (Å²) < 4.78 is 18.5. The van der Waals surface area contributed by atoms with E-state index in [0.717, 1.165) is 11.3 Å². The number of pyridine rings is 1. The molecule has 0 aliphatic heterocycles. The first-order valence-electron chi connectivity index (χ1n) is 6.48. The van der Waals surface area contributed by atoms with Crippen molar-refractivity contribution in [2.24, 2.45) is 0 Å². The molecule has 2 aromatic rings. The smallest absolute Gasteiger partial charge is 0.151 e. The lowest BCUT2D eigenvalue weighted by atomic mass is 10.1. The third-order valence-corrected chi connectivity index (χ3v) is 2.73. The first kappa shape index (κ1) is 14.3. The minimum atomic E-state index is -0.350. The quantitative estimate of drug-likeness (QED) is 0.914. The molecule has 1 aromatic heterocycles. The molecule has 0 fully saturated rings. The second-order valence-corrected chi connectivity index (χ2v) is 5.62. The summed E-state index contributed by atoms with van der Waals surface area (Å²) in [5.74, 6) is 0.359. The largest absolute Gasteiger partial charge is 0.494 e. The highest BCUT2D eigenvalue weighted by Gasteiger charge is 2.16. The summed E-state index contributed by atoms with van der Waals surface area (Å²) >= 11 is 0. The van der Waals surface area contributed by atoms with Gasteiger partial charge in [-0.05, 0) is 45.0 Å². The van der Waals surface area contributed by atoms with Crippen LogP contribution in [-0.2, 0) is 0 Å². The van der Waals surface area contributed by atoms with Gasteiger partial charge in [0.2, 0.25) is 0 Å². The Balaban J connectivity index is 2.48. The Morgan fingerprint density at radius 3 is 2.45 bits per heavy atom. The first-order chi connectivity index (χ1) is 9.40. The summed E-state index contributed by atoms with van der Waals surface area (Å²) in [5.41, 5.74) is 2.33. The van der Waals surface area contributed by atoms with Crippen LogP contribution in [0, 0.1) is 5.82 Å². The van der Waals surface area contributed by atoms with Gasteiger partial charge >= 0.3 is 0 Å². The van der Waals surface area contributed by atoms with Crippen LogP contribution in [0.15, 0.2) is 36.5 Å². The average Bonchev–Trinajstić information content (AvgIpc) is 2.37. The van der Waals surface area contributed by atoms with Crippen molar-refractivity contribution in [1.29, 1.82) is 0 Å². The van der Waals surface area contributed by atoms with E-state index in [2.05, 4.69) is 31.1 Å². The lowest BCUT2D eigenvalue weighted by Crippen LogP contribution is -2.26. The van der Waals surface area contributed by atoms with Gasteiger partial charge in [-0.3, -0.25) is 4.98 Å². The summed E-state index contributed by atoms with van der Waals surface area (Å²) in [5, 5.41) is 3.40. The summed E-state index contributed by atoms with van der Waals surface area (Å²) in [4.78, 5) is 4.11. The van der Waals surface area contributed by atoms with E-state index in [1.807, 2.05) is 18.2 Å². The van der Waals surface area contributed by atoms with Crippen LogP contribution in [0.4, 0.5) is 10.1 Å². The van der Waals surface area contributed by atoms with Gasteiger partial charge in [-0.2, -0.15) is 0 Å². The van der Waals surface area contributed by atoms with Crippen molar-refractivity contribution in [1.82, 2.24) is 4.98 Å². The number of ether oxygens (including phenoxy) is 1. The van der Waals surface area contributed by atoms with E-state index in [9.17, 15) is 4.39 Å². The molecular formula is C16H19FN2O. The molecule has 0 aliphatic rings. The van der Waals surface area contributed by atoms with Crippen LogP contribution in [0.25, 0.3) is 11.3 Å². The third kappa shape index (κ3) is 3.26. The number of para-hydroxylation sites is 1. The number of hydrogen-bond donors (Lipinski definition) is 1. The van der Waals surface area contributed by atoms with E-state index < -0.39 is 0 Å². The fourth-order valence-corrected chi connectivity index (χ4v) is 2.00. The predicted molar refractivity (Wildman–Crippen MR) is 79.6 cm³/mol. The summed E-state index contributed by atoms with van der Waals surface area (Å²) in [7, 11) is 1.62. The zero-order chi connectivity index (χ0) is 14.8. The van der Waals surface area contributed by atoms with Gasteiger partial charge in [0.1, 0.15) is 5.82 Å². The zero-order valence-electron chi connectivity index (χ0n) is 12.2. The van der Waals surface area contributed by atoms with Crippen LogP contribution in [-0.4, -0.2) is 17.6 Å². The highest BCUT2D eigenvalue weighted by atomic mass is 19.1.